The molecule has 0 saturated heterocycles. The molecule has 5 rings (SSSR count). The highest BCUT2D eigenvalue weighted by Gasteiger charge is 2.26. The van der Waals surface area contributed by atoms with E-state index in [-0.39, 0.29) is 39.8 Å². The molecule has 2 aromatic heterocycles. The summed E-state index contributed by atoms with van der Waals surface area (Å²) in [5.74, 6) is -1.70. The Morgan fingerprint density at radius 1 is 1.14 bits per heavy atom. The van der Waals surface area contributed by atoms with Crippen LogP contribution in [0, 0.1) is 18.6 Å². The first-order valence-electron chi connectivity index (χ1n) is 8.40. The summed E-state index contributed by atoms with van der Waals surface area (Å²) in [4.78, 5) is 4.40. The third-order valence-corrected chi connectivity index (χ3v) is 5.03. The van der Waals surface area contributed by atoms with Gasteiger partial charge in [-0.25, -0.2) is 13.8 Å². The van der Waals surface area contributed by atoms with Crippen LogP contribution in [-0.4, -0.2) is 33.5 Å². The largest absolute Gasteiger partial charge is 0.506 e. The number of phenolic OH excluding ortho intramolecular Hbond substituents is 1. The average molecular weight is 404 g/mol. The molecule has 142 valence electrons. The van der Waals surface area contributed by atoms with Crippen molar-refractivity contribution in [1.82, 2.24) is 15.2 Å². The van der Waals surface area contributed by atoms with Gasteiger partial charge < -0.3 is 14.6 Å². The van der Waals surface area contributed by atoms with Crippen LogP contribution < -0.4 is 9.47 Å². The zero-order chi connectivity index (χ0) is 19.6. The molecule has 0 bridgehead atoms. The Morgan fingerprint density at radius 2 is 1.93 bits per heavy atom. The van der Waals surface area contributed by atoms with E-state index in [0.717, 1.165) is 6.07 Å². The van der Waals surface area contributed by atoms with E-state index in [9.17, 15) is 9.50 Å². The molecule has 9 heteroatoms. The van der Waals surface area contributed by atoms with E-state index in [1.165, 1.54) is 6.07 Å². The first-order valence-corrected chi connectivity index (χ1v) is 8.78. The second-order valence-corrected chi connectivity index (χ2v) is 6.82. The molecule has 28 heavy (non-hydrogen) atoms. The SMILES string of the molecule is Cc1n[nH]c2nc(-c3cc(Cl)c(O)cc3F)c3c(F)c4c(cc3c12)OCCO4. The standard InChI is InChI=1S/C19H12ClF2N3O3/c1-7-14-9-5-13-18(28-3-2-27-13)16(22)15(9)17(23-19(14)25-24-7)8-4-10(20)12(26)6-11(8)21/h4-6,26H,2-3H2,1H3,(H,23,24,25). The van der Waals surface area contributed by atoms with E-state index in [0.29, 0.717) is 28.7 Å². The van der Waals surface area contributed by atoms with E-state index >= 15 is 4.39 Å². The second kappa shape index (κ2) is 5.93. The zero-order valence-corrected chi connectivity index (χ0v) is 15.2. The minimum absolute atomic E-state index is 0.0139. The number of fused-ring (bicyclic) bond motifs is 4. The Kier molecular flexibility index (Phi) is 3.60. The summed E-state index contributed by atoms with van der Waals surface area (Å²) >= 11 is 5.96. The van der Waals surface area contributed by atoms with Crippen molar-refractivity contribution in [2.45, 2.75) is 6.92 Å². The van der Waals surface area contributed by atoms with Gasteiger partial charge in [0.25, 0.3) is 0 Å². The van der Waals surface area contributed by atoms with Crippen LogP contribution in [0.15, 0.2) is 18.2 Å². The summed E-state index contributed by atoms with van der Waals surface area (Å²) < 4.78 is 41.1. The van der Waals surface area contributed by atoms with Gasteiger partial charge in [0.05, 0.1) is 16.4 Å². The number of hydrogen-bond donors (Lipinski definition) is 2. The van der Waals surface area contributed by atoms with Gasteiger partial charge in [0.1, 0.15) is 24.8 Å². The summed E-state index contributed by atoms with van der Waals surface area (Å²) in [5.41, 5.74) is 0.927. The molecule has 1 aliphatic rings. The Morgan fingerprint density at radius 3 is 2.75 bits per heavy atom. The Balaban J connectivity index is 1.98. The highest BCUT2D eigenvalue weighted by molar-refractivity contribution is 6.32. The lowest BCUT2D eigenvalue weighted by atomic mass is 9.99. The summed E-state index contributed by atoms with van der Waals surface area (Å²) in [5, 5.41) is 17.6. The highest BCUT2D eigenvalue weighted by atomic mass is 35.5. The number of aromatic amines is 1. The molecule has 3 heterocycles. The molecular formula is C19H12ClF2N3O3. The van der Waals surface area contributed by atoms with Crippen molar-refractivity contribution in [3.8, 4) is 28.5 Å². The third-order valence-electron chi connectivity index (χ3n) is 4.72. The van der Waals surface area contributed by atoms with Crippen LogP contribution in [0.4, 0.5) is 8.78 Å². The van der Waals surface area contributed by atoms with Gasteiger partial charge in [-0.3, -0.25) is 5.10 Å². The van der Waals surface area contributed by atoms with Gasteiger partial charge in [-0.15, -0.1) is 0 Å². The van der Waals surface area contributed by atoms with Gasteiger partial charge in [0.2, 0.25) is 0 Å². The lowest BCUT2D eigenvalue weighted by molar-refractivity contribution is 0.165. The molecule has 2 aromatic carbocycles. The Bertz CT molecular complexity index is 1290. The fraction of sp³-hybridized carbons (Fsp3) is 0.158. The number of halogens is 3. The fourth-order valence-corrected chi connectivity index (χ4v) is 3.64. The van der Waals surface area contributed by atoms with Gasteiger partial charge in [0.15, 0.2) is 23.0 Å². The molecule has 0 unspecified atom stereocenters. The number of nitrogens with zero attached hydrogens (tertiary/aromatic N) is 2. The molecule has 0 aliphatic carbocycles. The lowest BCUT2D eigenvalue weighted by Crippen LogP contribution is -2.16. The van der Waals surface area contributed by atoms with E-state index in [1.54, 1.807) is 13.0 Å². The first-order chi connectivity index (χ1) is 13.5. The third kappa shape index (κ3) is 2.31. The molecular weight excluding hydrogens is 392 g/mol. The molecule has 0 atom stereocenters. The van der Waals surface area contributed by atoms with Crippen molar-refractivity contribution >= 4 is 33.4 Å². The van der Waals surface area contributed by atoms with E-state index in [1.807, 2.05) is 0 Å². The number of H-pyrrole nitrogens is 1. The predicted octanol–water partition coefficient (Wildman–Crippen LogP) is 4.49. The number of phenols is 1. The minimum Gasteiger partial charge on any atom is -0.506 e. The monoisotopic (exact) mass is 403 g/mol. The maximum absolute atomic E-state index is 15.5. The van der Waals surface area contributed by atoms with Crippen molar-refractivity contribution in [2.24, 2.45) is 0 Å². The van der Waals surface area contributed by atoms with Crippen molar-refractivity contribution in [1.29, 1.82) is 0 Å². The molecule has 6 nitrogen and oxygen atoms in total. The van der Waals surface area contributed by atoms with E-state index < -0.39 is 17.4 Å². The van der Waals surface area contributed by atoms with Gasteiger partial charge in [0, 0.05) is 27.8 Å². The summed E-state index contributed by atoms with van der Waals surface area (Å²) in [6.45, 7) is 2.25. The lowest BCUT2D eigenvalue weighted by Gasteiger charge is -2.21. The predicted molar refractivity (Wildman–Crippen MR) is 99.1 cm³/mol. The quantitative estimate of drug-likeness (QED) is 0.489. The van der Waals surface area contributed by atoms with Crippen LogP contribution in [0.3, 0.4) is 0 Å². The minimum atomic E-state index is -0.791. The molecule has 4 aromatic rings. The van der Waals surface area contributed by atoms with Crippen LogP contribution in [0.5, 0.6) is 17.2 Å². The smallest absolute Gasteiger partial charge is 0.197 e. The molecule has 2 N–H and O–H groups in total. The molecule has 0 spiro atoms. The van der Waals surface area contributed by atoms with Gasteiger partial charge in [-0.05, 0) is 19.1 Å². The molecule has 0 saturated carbocycles. The first kappa shape index (κ1) is 17.0. The van der Waals surface area contributed by atoms with Crippen molar-refractivity contribution < 1.29 is 23.4 Å². The van der Waals surface area contributed by atoms with Crippen LogP contribution in [0.25, 0.3) is 33.1 Å². The summed E-state index contributed by atoms with van der Waals surface area (Å²) in [7, 11) is 0. The van der Waals surface area contributed by atoms with Crippen molar-refractivity contribution in [3.05, 3.63) is 40.6 Å². The number of aromatic nitrogens is 3. The number of nitrogens with one attached hydrogen (secondary N) is 1. The number of benzene rings is 2. The maximum atomic E-state index is 15.5. The number of pyridine rings is 1. The van der Waals surface area contributed by atoms with Gasteiger partial charge in [-0.1, -0.05) is 11.6 Å². The van der Waals surface area contributed by atoms with Crippen molar-refractivity contribution in [3.63, 3.8) is 0 Å². The van der Waals surface area contributed by atoms with Crippen molar-refractivity contribution in [2.75, 3.05) is 13.2 Å². The number of aromatic hydroxyl groups is 1. The van der Waals surface area contributed by atoms with Gasteiger partial charge >= 0.3 is 0 Å². The molecule has 0 radical (unpaired) electrons. The molecule has 0 fully saturated rings. The number of rotatable bonds is 1. The molecule has 0 amide bonds. The zero-order valence-electron chi connectivity index (χ0n) is 14.4. The number of hydrogen-bond acceptors (Lipinski definition) is 5. The van der Waals surface area contributed by atoms with Crippen LogP contribution in [0.1, 0.15) is 5.69 Å². The van der Waals surface area contributed by atoms with Crippen LogP contribution in [0.2, 0.25) is 5.02 Å². The molecule has 1 aliphatic heterocycles. The van der Waals surface area contributed by atoms with Crippen LogP contribution in [-0.2, 0) is 0 Å². The normalized spacial score (nSPS) is 13.4. The Hall–Kier alpha value is -3.13. The summed E-state index contributed by atoms with van der Waals surface area (Å²) in [6.07, 6.45) is 0. The maximum Gasteiger partial charge on any atom is 0.197 e. The second-order valence-electron chi connectivity index (χ2n) is 6.41. The average Bonchev–Trinajstić information content (AvgIpc) is 3.05. The van der Waals surface area contributed by atoms with E-state index in [2.05, 4.69) is 15.2 Å². The fourth-order valence-electron chi connectivity index (χ4n) is 3.48. The van der Waals surface area contributed by atoms with E-state index in [4.69, 9.17) is 21.1 Å². The highest BCUT2D eigenvalue weighted by Crippen LogP contribution is 2.45. The summed E-state index contributed by atoms with van der Waals surface area (Å²) in [6, 6.07) is 3.71. The Labute approximate surface area is 161 Å². The van der Waals surface area contributed by atoms with Crippen LogP contribution >= 0.6 is 11.6 Å². The number of aryl methyl sites for hydroxylation is 1. The van der Waals surface area contributed by atoms with Gasteiger partial charge in [-0.2, -0.15) is 5.10 Å². The number of ether oxygens (including phenoxy) is 2. The topological polar surface area (TPSA) is 80.3 Å².